The van der Waals surface area contributed by atoms with E-state index in [1.165, 1.54) is 0 Å². The van der Waals surface area contributed by atoms with Crippen molar-refractivity contribution >= 4 is 23.4 Å². The molecular formula is C13H21F3N4S. The minimum atomic E-state index is -4.19. The minimum Gasteiger partial charge on any atom is -0.370 e. The number of anilines is 2. The summed E-state index contributed by atoms with van der Waals surface area (Å²) >= 11 is -0.0401. The predicted molar refractivity (Wildman–Crippen MR) is 81.9 cm³/mol. The number of hydrogen-bond donors (Lipinski definition) is 2. The van der Waals surface area contributed by atoms with Gasteiger partial charge in [-0.05, 0) is 18.2 Å². The number of rotatable bonds is 8. The summed E-state index contributed by atoms with van der Waals surface area (Å²) in [5, 5.41) is 6.09. The highest BCUT2D eigenvalue weighted by molar-refractivity contribution is 8.00. The van der Waals surface area contributed by atoms with Crippen LogP contribution in [-0.4, -0.2) is 34.3 Å². The maximum atomic E-state index is 12.1. The van der Waals surface area contributed by atoms with Crippen LogP contribution < -0.4 is 10.6 Å². The van der Waals surface area contributed by atoms with Crippen LogP contribution in [0.2, 0.25) is 0 Å². The first-order valence-corrected chi connectivity index (χ1v) is 7.87. The zero-order valence-corrected chi connectivity index (χ0v) is 13.2. The van der Waals surface area contributed by atoms with Gasteiger partial charge in [0.2, 0.25) is 0 Å². The minimum absolute atomic E-state index is 0.0401. The number of alkyl halides is 3. The SMILES string of the molecule is CCCNc1cc(NCCSC(F)(F)F)nc(C(C)C)n1. The van der Waals surface area contributed by atoms with Crippen LogP contribution in [0.25, 0.3) is 0 Å². The number of nitrogens with one attached hydrogen (secondary N) is 2. The number of nitrogens with zero attached hydrogens (tertiary/aromatic N) is 2. The molecule has 0 fully saturated rings. The van der Waals surface area contributed by atoms with Crippen LogP contribution in [0.1, 0.15) is 38.9 Å². The van der Waals surface area contributed by atoms with Gasteiger partial charge in [-0.25, -0.2) is 9.97 Å². The Balaban J connectivity index is 2.64. The molecule has 0 saturated carbocycles. The van der Waals surface area contributed by atoms with Crippen LogP contribution in [0.4, 0.5) is 24.8 Å². The first kappa shape index (κ1) is 17.9. The summed E-state index contributed by atoms with van der Waals surface area (Å²) in [6, 6.07) is 1.72. The van der Waals surface area contributed by atoms with Gasteiger partial charge in [0.15, 0.2) is 0 Å². The molecule has 0 saturated heterocycles. The third-order valence-corrected chi connectivity index (χ3v) is 3.23. The Morgan fingerprint density at radius 2 is 1.71 bits per heavy atom. The van der Waals surface area contributed by atoms with Gasteiger partial charge in [0.25, 0.3) is 0 Å². The fourth-order valence-corrected chi connectivity index (χ4v) is 1.94. The second-order valence-electron chi connectivity index (χ2n) is 4.80. The van der Waals surface area contributed by atoms with E-state index in [0.29, 0.717) is 17.5 Å². The molecule has 0 bridgehead atoms. The molecular weight excluding hydrogens is 301 g/mol. The van der Waals surface area contributed by atoms with Crippen molar-refractivity contribution in [1.29, 1.82) is 0 Å². The summed E-state index contributed by atoms with van der Waals surface area (Å²) in [4.78, 5) is 8.71. The zero-order chi connectivity index (χ0) is 15.9. The molecule has 0 radical (unpaired) electrons. The Morgan fingerprint density at radius 3 is 2.19 bits per heavy atom. The molecule has 0 atom stereocenters. The molecule has 21 heavy (non-hydrogen) atoms. The van der Waals surface area contributed by atoms with Crippen molar-refractivity contribution in [2.45, 2.75) is 38.6 Å². The van der Waals surface area contributed by atoms with E-state index < -0.39 is 5.51 Å². The van der Waals surface area contributed by atoms with E-state index in [1.807, 2.05) is 20.8 Å². The maximum Gasteiger partial charge on any atom is 0.441 e. The summed E-state index contributed by atoms with van der Waals surface area (Å²) in [5.41, 5.74) is -4.19. The maximum absolute atomic E-state index is 12.1. The molecule has 1 aromatic heterocycles. The lowest BCUT2D eigenvalue weighted by Gasteiger charge is -2.13. The lowest BCUT2D eigenvalue weighted by molar-refractivity contribution is -0.0327. The molecule has 0 aliphatic heterocycles. The summed E-state index contributed by atoms with van der Waals surface area (Å²) in [5.74, 6) is 2.01. The molecule has 1 rings (SSSR count). The van der Waals surface area contributed by atoms with Crippen molar-refractivity contribution < 1.29 is 13.2 Å². The van der Waals surface area contributed by atoms with Crippen molar-refractivity contribution in [1.82, 2.24) is 9.97 Å². The second kappa shape index (κ2) is 8.31. The predicted octanol–water partition coefficient (Wildman–Crippen LogP) is 4.09. The molecule has 0 aliphatic rings. The average molecular weight is 322 g/mol. The van der Waals surface area contributed by atoms with Gasteiger partial charge in [-0.2, -0.15) is 13.2 Å². The lowest BCUT2D eigenvalue weighted by Crippen LogP contribution is -2.13. The van der Waals surface area contributed by atoms with E-state index in [-0.39, 0.29) is 30.0 Å². The van der Waals surface area contributed by atoms with E-state index in [1.54, 1.807) is 6.07 Å². The molecule has 1 aromatic rings. The summed E-state index contributed by atoms with van der Waals surface area (Å²) < 4.78 is 36.2. The molecule has 4 nitrogen and oxygen atoms in total. The Kier molecular flexibility index (Phi) is 7.07. The fourth-order valence-electron chi connectivity index (χ4n) is 1.50. The van der Waals surface area contributed by atoms with Gasteiger partial charge >= 0.3 is 5.51 Å². The van der Waals surface area contributed by atoms with Gasteiger partial charge in [0.1, 0.15) is 17.5 Å². The van der Waals surface area contributed by atoms with Crippen LogP contribution in [0.5, 0.6) is 0 Å². The standard InChI is InChI=1S/C13H21F3N4S/c1-4-5-17-10-8-11(20-12(19-10)9(2)3)18-6-7-21-13(14,15)16/h8-9H,4-7H2,1-3H3,(H2,17,18,19,20). The largest absolute Gasteiger partial charge is 0.441 e. The first-order chi connectivity index (χ1) is 9.81. The van der Waals surface area contributed by atoms with Gasteiger partial charge in [-0.15, -0.1) is 0 Å². The summed E-state index contributed by atoms with van der Waals surface area (Å²) in [6.45, 7) is 6.99. The van der Waals surface area contributed by atoms with Gasteiger partial charge in [-0.1, -0.05) is 20.8 Å². The van der Waals surface area contributed by atoms with Crippen LogP contribution in [-0.2, 0) is 0 Å². The molecule has 1 heterocycles. The highest BCUT2D eigenvalue weighted by Crippen LogP contribution is 2.29. The highest BCUT2D eigenvalue weighted by Gasteiger charge is 2.27. The molecule has 2 N–H and O–H groups in total. The van der Waals surface area contributed by atoms with Gasteiger partial charge < -0.3 is 10.6 Å². The number of thioether (sulfide) groups is 1. The van der Waals surface area contributed by atoms with Gasteiger partial charge in [0.05, 0.1) is 0 Å². The third-order valence-electron chi connectivity index (χ3n) is 2.49. The summed E-state index contributed by atoms with van der Waals surface area (Å²) in [6.07, 6.45) is 0.964. The van der Waals surface area contributed by atoms with Gasteiger partial charge in [-0.3, -0.25) is 0 Å². The van der Waals surface area contributed by atoms with Crippen molar-refractivity contribution in [3.63, 3.8) is 0 Å². The third kappa shape index (κ3) is 7.40. The Hall–Kier alpha value is -1.18. The normalized spacial score (nSPS) is 11.8. The van der Waals surface area contributed by atoms with Crippen molar-refractivity contribution in [2.75, 3.05) is 29.5 Å². The monoisotopic (exact) mass is 322 g/mol. The van der Waals surface area contributed by atoms with Crippen molar-refractivity contribution in [3.05, 3.63) is 11.9 Å². The van der Waals surface area contributed by atoms with Crippen LogP contribution >= 0.6 is 11.8 Å². The fraction of sp³-hybridized carbons (Fsp3) is 0.692. The molecule has 0 unspecified atom stereocenters. The van der Waals surface area contributed by atoms with E-state index in [0.717, 1.165) is 13.0 Å². The Bertz CT molecular complexity index is 438. The van der Waals surface area contributed by atoms with E-state index in [9.17, 15) is 13.2 Å². The number of aromatic nitrogens is 2. The lowest BCUT2D eigenvalue weighted by atomic mass is 10.2. The van der Waals surface area contributed by atoms with Crippen LogP contribution in [0.15, 0.2) is 6.07 Å². The summed E-state index contributed by atoms with van der Waals surface area (Å²) in [7, 11) is 0. The first-order valence-electron chi connectivity index (χ1n) is 6.89. The number of hydrogen-bond acceptors (Lipinski definition) is 5. The Morgan fingerprint density at radius 1 is 1.14 bits per heavy atom. The molecule has 120 valence electrons. The van der Waals surface area contributed by atoms with Crippen molar-refractivity contribution in [2.24, 2.45) is 0 Å². The van der Waals surface area contributed by atoms with E-state index in [4.69, 9.17) is 0 Å². The van der Waals surface area contributed by atoms with E-state index in [2.05, 4.69) is 20.6 Å². The van der Waals surface area contributed by atoms with Crippen molar-refractivity contribution in [3.8, 4) is 0 Å². The average Bonchev–Trinajstić information content (AvgIpc) is 2.40. The zero-order valence-electron chi connectivity index (χ0n) is 12.4. The highest BCUT2D eigenvalue weighted by atomic mass is 32.2. The second-order valence-corrected chi connectivity index (χ2v) is 5.96. The van der Waals surface area contributed by atoms with Crippen LogP contribution in [0, 0.1) is 0 Å². The van der Waals surface area contributed by atoms with E-state index >= 15 is 0 Å². The van der Waals surface area contributed by atoms with Crippen LogP contribution in [0.3, 0.4) is 0 Å². The quantitative estimate of drug-likeness (QED) is 0.706. The molecule has 0 spiro atoms. The molecule has 0 amide bonds. The molecule has 8 heteroatoms. The van der Waals surface area contributed by atoms with Gasteiger partial charge in [0, 0.05) is 30.8 Å². The topological polar surface area (TPSA) is 49.8 Å². The molecule has 0 aliphatic carbocycles. The Labute approximate surface area is 127 Å². The number of halogens is 3. The smallest absolute Gasteiger partial charge is 0.370 e. The molecule has 0 aromatic carbocycles.